The van der Waals surface area contributed by atoms with Crippen molar-refractivity contribution in [1.29, 1.82) is 0 Å². The minimum absolute atomic E-state index is 0.216. The molecule has 0 saturated carbocycles. The monoisotopic (exact) mass is 561 g/mol. The van der Waals surface area contributed by atoms with Crippen molar-refractivity contribution in [2.75, 3.05) is 0 Å². The summed E-state index contributed by atoms with van der Waals surface area (Å²) in [5, 5.41) is 3.01. The first kappa shape index (κ1) is 21.3. The number of halogens is 4. The summed E-state index contributed by atoms with van der Waals surface area (Å²) in [6.45, 7) is 0.472. The van der Waals surface area contributed by atoms with Crippen LogP contribution in [0, 0.1) is 9.62 Å². The van der Waals surface area contributed by atoms with Gasteiger partial charge in [0.15, 0.2) is 0 Å². The van der Waals surface area contributed by atoms with Gasteiger partial charge in [0.25, 0.3) is 0 Å². The molecule has 4 nitrogen and oxygen atoms in total. The third kappa shape index (κ3) is 6.56. The first-order chi connectivity index (χ1) is 12.7. The van der Waals surface area contributed by atoms with E-state index in [1.807, 2.05) is 7.05 Å². The molecule has 1 aromatic heterocycles. The van der Waals surface area contributed by atoms with E-state index < -0.39 is 11.7 Å². The Balaban J connectivity index is 0.000000244. The van der Waals surface area contributed by atoms with Crippen molar-refractivity contribution in [2.45, 2.75) is 19.1 Å². The first-order valence-corrected chi connectivity index (χ1v) is 9.00. The van der Waals surface area contributed by atoms with Crippen molar-refractivity contribution < 1.29 is 36.9 Å². The van der Waals surface area contributed by atoms with E-state index in [1.54, 1.807) is 16.8 Å². The molecule has 0 atom stereocenters. The van der Waals surface area contributed by atoms with Gasteiger partial charge < -0.3 is 5.73 Å². The van der Waals surface area contributed by atoms with E-state index in [1.165, 1.54) is 24.3 Å². The first-order valence-electron chi connectivity index (χ1n) is 7.87. The molecule has 0 aliphatic heterocycles. The summed E-state index contributed by atoms with van der Waals surface area (Å²) in [6.07, 6.45) is -3.81. The third-order valence-electron chi connectivity index (χ3n) is 3.57. The number of hydrogen-bond donors (Lipinski definition) is 2. The van der Waals surface area contributed by atoms with E-state index >= 15 is 0 Å². The number of aromatic nitrogens is 3. The number of hydrogen-bond acceptors (Lipinski definition) is 2. The van der Waals surface area contributed by atoms with Gasteiger partial charge >= 0.3 is 112 Å². The van der Waals surface area contributed by atoms with E-state index in [9.17, 15) is 17.6 Å². The van der Waals surface area contributed by atoms with Crippen molar-refractivity contribution in [3.8, 4) is 0 Å². The zero-order chi connectivity index (χ0) is 20.0. The van der Waals surface area contributed by atoms with Crippen molar-refractivity contribution >= 4 is 0 Å². The van der Waals surface area contributed by atoms with Crippen LogP contribution in [0.5, 0.6) is 0 Å². The maximum atomic E-state index is 12.4. The number of nitrogens with two attached hydrogens (primary N) is 1. The molecular formula is C18H18F4N4Pt. The number of H-pyrrole nitrogens is 1. The van der Waals surface area contributed by atoms with Crippen LogP contribution >= 0.6 is 0 Å². The number of alkyl halides is 3. The Morgan fingerprint density at radius 2 is 1.59 bits per heavy atom. The maximum absolute atomic E-state index is 12.4. The molecule has 148 valence electrons. The number of aryl methyl sites for hydroxylation is 1. The van der Waals surface area contributed by atoms with Crippen LogP contribution in [-0.2, 0) is 45.5 Å². The van der Waals surface area contributed by atoms with Crippen LogP contribution in [0.1, 0.15) is 22.5 Å². The van der Waals surface area contributed by atoms with Gasteiger partial charge in [0.2, 0.25) is 0 Å². The quantitative estimate of drug-likeness (QED) is 0.480. The molecule has 2 aromatic carbocycles. The van der Waals surface area contributed by atoms with Gasteiger partial charge in [-0.15, -0.1) is 0 Å². The van der Waals surface area contributed by atoms with E-state index in [-0.39, 0.29) is 5.82 Å². The number of rotatable bonds is 3. The Bertz CT molecular complexity index is 912. The largest absolute Gasteiger partial charge is 0.326 e. The summed E-state index contributed by atoms with van der Waals surface area (Å²) in [5.74, 6) is 0.509. The SMILES string of the molecule is Cn1[nH]c(Cc2ccc(C(F)(F)F)cc2)n[c]1=[Pt].NCc1ccc(F)cc1. The minimum atomic E-state index is -4.29. The fraction of sp³-hybridized carbons (Fsp3) is 0.222. The number of benzene rings is 2. The van der Waals surface area contributed by atoms with Crippen molar-refractivity contribution in [3.05, 3.63) is 80.7 Å². The van der Waals surface area contributed by atoms with Gasteiger partial charge in [0.05, 0.1) is 0 Å². The Hall–Kier alpha value is -2.05. The molecule has 3 N–H and O–H groups in total. The third-order valence-corrected chi connectivity index (χ3v) is 4.59. The van der Waals surface area contributed by atoms with Crippen LogP contribution in [0.3, 0.4) is 0 Å². The van der Waals surface area contributed by atoms with Gasteiger partial charge in [-0.25, -0.2) is 4.39 Å². The van der Waals surface area contributed by atoms with Gasteiger partial charge in [-0.3, -0.25) is 0 Å². The average Bonchev–Trinajstić information content (AvgIpc) is 2.93. The Labute approximate surface area is 164 Å². The number of aromatic amines is 1. The molecule has 0 fully saturated rings. The van der Waals surface area contributed by atoms with Gasteiger partial charge in [0, 0.05) is 6.54 Å². The maximum Gasteiger partial charge on any atom is 0.123 e. The smallest absolute Gasteiger partial charge is 0.123 e. The summed E-state index contributed by atoms with van der Waals surface area (Å²) in [4.78, 5) is 4.25. The predicted octanol–water partition coefficient (Wildman–Crippen LogP) is 3.72. The molecule has 3 rings (SSSR count). The average molecular weight is 561 g/mol. The normalized spacial score (nSPS) is 11.1. The Morgan fingerprint density at radius 3 is 2.04 bits per heavy atom. The summed E-state index contributed by atoms with van der Waals surface area (Å²) in [7, 11) is 1.82. The molecule has 1 heterocycles. The zero-order valence-corrected chi connectivity index (χ0v) is 16.6. The molecule has 0 aliphatic rings. The van der Waals surface area contributed by atoms with Crippen molar-refractivity contribution in [1.82, 2.24) is 14.8 Å². The molecule has 0 spiro atoms. The van der Waals surface area contributed by atoms with E-state index in [0.29, 0.717) is 13.0 Å². The standard InChI is InChI=1S/C11H10F3N3.C7H8FN.Pt/c1-17-7-15-10(16-17)6-8-2-4-9(5-3-8)11(12,13)14;8-7-3-1-6(5-9)2-4-7;/h2-5H,6H2,1H3,(H,15,16);1-4H,5,9H2;. The van der Waals surface area contributed by atoms with E-state index in [4.69, 9.17) is 5.73 Å². The molecule has 27 heavy (non-hydrogen) atoms. The fourth-order valence-corrected chi connectivity index (χ4v) is 2.58. The van der Waals surface area contributed by atoms with Gasteiger partial charge in [0.1, 0.15) is 5.82 Å². The van der Waals surface area contributed by atoms with Crippen LogP contribution in [0.25, 0.3) is 0 Å². The van der Waals surface area contributed by atoms with Crippen LogP contribution in [0.2, 0.25) is 0 Å². The molecular weight excluding hydrogens is 543 g/mol. The van der Waals surface area contributed by atoms with Crippen LogP contribution in [-0.4, -0.2) is 14.8 Å². The molecule has 0 bridgehead atoms. The second-order valence-electron chi connectivity index (χ2n) is 5.67. The van der Waals surface area contributed by atoms with E-state index in [0.717, 1.165) is 32.9 Å². The number of nitrogens with zero attached hydrogens (tertiary/aromatic N) is 2. The molecule has 0 amide bonds. The zero-order valence-electron chi connectivity index (χ0n) is 14.3. The summed E-state index contributed by atoms with van der Waals surface area (Å²) in [6, 6.07) is 11.3. The van der Waals surface area contributed by atoms with Crippen molar-refractivity contribution in [2.24, 2.45) is 12.8 Å². The van der Waals surface area contributed by atoms with Crippen molar-refractivity contribution in [3.63, 3.8) is 0 Å². The number of nitrogens with one attached hydrogen (secondary N) is 1. The Morgan fingerprint density at radius 1 is 1.04 bits per heavy atom. The minimum Gasteiger partial charge on any atom is -0.326 e. The molecule has 0 aliphatic carbocycles. The topological polar surface area (TPSA) is 59.6 Å². The van der Waals surface area contributed by atoms with Crippen LogP contribution < -0.4 is 5.73 Å². The molecule has 3 aromatic rings. The molecule has 9 heteroatoms. The van der Waals surface area contributed by atoms with Gasteiger partial charge in [-0.1, -0.05) is 12.1 Å². The second-order valence-corrected chi connectivity index (χ2v) is 6.69. The summed E-state index contributed by atoms with van der Waals surface area (Å²) < 4.78 is 51.9. The second kappa shape index (κ2) is 9.24. The van der Waals surface area contributed by atoms with Gasteiger partial charge in [-0.2, -0.15) is 0 Å². The predicted molar refractivity (Wildman–Crippen MR) is 89.3 cm³/mol. The Kier molecular flexibility index (Phi) is 7.27. The summed E-state index contributed by atoms with van der Waals surface area (Å²) in [5.41, 5.74) is 6.39. The van der Waals surface area contributed by atoms with Crippen LogP contribution in [0.4, 0.5) is 17.6 Å². The fourth-order valence-electron chi connectivity index (χ4n) is 2.14. The molecule has 0 saturated heterocycles. The molecule has 0 unspecified atom stereocenters. The molecule has 0 radical (unpaired) electrons. The van der Waals surface area contributed by atoms with E-state index in [2.05, 4.69) is 29.4 Å². The van der Waals surface area contributed by atoms with Gasteiger partial charge in [-0.05, 0) is 17.7 Å². The van der Waals surface area contributed by atoms with Crippen LogP contribution in [0.15, 0.2) is 48.5 Å². The summed E-state index contributed by atoms with van der Waals surface area (Å²) >= 11 is 2.06.